The quantitative estimate of drug-likeness (QED) is 0.731. The standard InChI is InChI=1S/C16H24N4O2.2ClH/c17-15(21)6-9-20(12-14-4-2-1-3-5-14)16(22)13-19-10-7-18-8-11-19;;/h1-5,18H,6-13H2,(H2,17,21);2*1H. The van der Waals surface area contributed by atoms with Crippen molar-refractivity contribution in [2.45, 2.75) is 13.0 Å². The average molecular weight is 377 g/mol. The van der Waals surface area contributed by atoms with Crippen LogP contribution in [-0.4, -0.2) is 60.9 Å². The zero-order valence-electron chi connectivity index (χ0n) is 13.6. The zero-order chi connectivity index (χ0) is 15.8. The Bertz CT molecular complexity index is 496. The number of carbonyl (C=O) groups excluding carboxylic acids is 2. The highest BCUT2D eigenvalue weighted by Crippen LogP contribution is 2.07. The molecule has 0 aliphatic carbocycles. The number of nitrogens with one attached hydrogen (secondary N) is 1. The summed E-state index contributed by atoms with van der Waals surface area (Å²) in [5.41, 5.74) is 6.28. The Balaban J connectivity index is 0.00000264. The lowest BCUT2D eigenvalue weighted by Gasteiger charge is -2.30. The largest absolute Gasteiger partial charge is 0.370 e. The van der Waals surface area contributed by atoms with E-state index in [9.17, 15) is 9.59 Å². The zero-order valence-corrected chi connectivity index (χ0v) is 15.3. The van der Waals surface area contributed by atoms with E-state index in [4.69, 9.17) is 5.73 Å². The highest BCUT2D eigenvalue weighted by atomic mass is 35.5. The number of hydrogen-bond acceptors (Lipinski definition) is 4. The topological polar surface area (TPSA) is 78.7 Å². The molecule has 1 aliphatic rings. The van der Waals surface area contributed by atoms with E-state index in [1.807, 2.05) is 30.3 Å². The third kappa shape index (κ3) is 7.97. The molecular weight excluding hydrogens is 351 g/mol. The van der Waals surface area contributed by atoms with Crippen molar-refractivity contribution in [3.05, 3.63) is 35.9 Å². The van der Waals surface area contributed by atoms with Crippen LogP contribution in [0.1, 0.15) is 12.0 Å². The number of primary amides is 1. The monoisotopic (exact) mass is 376 g/mol. The van der Waals surface area contributed by atoms with E-state index in [0.717, 1.165) is 31.7 Å². The maximum Gasteiger partial charge on any atom is 0.237 e. The van der Waals surface area contributed by atoms with Gasteiger partial charge < -0.3 is 16.0 Å². The predicted octanol–water partition coefficient (Wildman–Crippen LogP) is 0.639. The number of halogens is 2. The molecule has 3 N–H and O–H groups in total. The minimum Gasteiger partial charge on any atom is -0.370 e. The molecule has 0 atom stereocenters. The Labute approximate surface area is 155 Å². The van der Waals surface area contributed by atoms with Crippen molar-refractivity contribution in [1.82, 2.24) is 15.1 Å². The van der Waals surface area contributed by atoms with Crippen LogP contribution in [-0.2, 0) is 16.1 Å². The van der Waals surface area contributed by atoms with Crippen LogP contribution < -0.4 is 11.1 Å². The Morgan fingerprint density at radius 1 is 1.12 bits per heavy atom. The lowest BCUT2D eigenvalue weighted by Crippen LogP contribution is -2.48. The molecule has 1 aliphatic heterocycles. The van der Waals surface area contributed by atoms with Crippen molar-refractivity contribution in [3.8, 4) is 0 Å². The molecule has 24 heavy (non-hydrogen) atoms. The highest BCUT2D eigenvalue weighted by Gasteiger charge is 2.19. The lowest BCUT2D eigenvalue weighted by atomic mass is 10.2. The minimum atomic E-state index is -0.381. The van der Waals surface area contributed by atoms with Crippen LogP contribution in [0, 0.1) is 0 Å². The van der Waals surface area contributed by atoms with Crippen molar-refractivity contribution in [2.24, 2.45) is 5.73 Å². The molecule has 1 saturated heterocycles. The van der Waals surface area contributed by atoms with Gasteiger partial charge in [0.25, 0.3) is 0 Å². The van der Waals surface area contributed by atoms with Gasteiger partial charge in [-0.05, 0) is 5.56 Å². The molecule has 0 bridgehead atoms. The molecule has 2 amide bonds. The van der Waals surface area contributed by atoms with Gasteiger partial charge in [0.2, 0.25) is 11.8 Å². The molecular formula is C16H26Cl2N4O2. The molecule has 8 heteroatoms. The van der Waals surface area contributed by atoms with Crippen LogP contribution >= 0.6 is 24.8 Å². The highest BCUT2D eigenvalue weighted by molar-refractivity contribution is 5.85. The fourth-order valence-corrected chi connectivity index (χ4v) is 2.50. The van der Waals surface area contributed by atoms with Crippen molar-refractivity contribution in [1.29, 1.82) is 0 Å². The first-order valence-corrected chi connectivity index (χ1v) is 7.68. The summed E-state index contributed by atoms with van der Waals surface area (Å²) in [5.74, 6) is -0.333. The van der Waals surface area contributed by atoms with E-state index in [1.165, 1.54) is 0 Å². The van der Waals surface area contributed by atoms with Crippen LogP contribution in [0.15, 0.2) is 30.3 Å². The molecule has 6 nitrogen and oxygen atoms in total. The third-order valence-electron chi connectivity index (χ3n) is 3.77. The van der Waals surface area contributed by atoms with Crippen LogP contribution in [0.4, 0.5) is 0 Å². The van der Waals surface area contributed by atoms with Gasteiger partial charge in [-0.3, -0.25) is 14.5 Å². The van der Waals surface area contributed by atoms with Gasteiger partial charge in [-0.1, -0.05) is 30.3 Å². The molecule has 1 aromatic carbocycles. The van der Waals surface area contributed by atoms with Gasteiger partial charge in [0.15, 0.2) is 0 Å². The first-order valence-electron chi connectivity index (χ1n) is 7.68. The molecule has 0 saturated carbocycles. The molecule has 0 unspecified atom stereocenters. The Morgan fingerprint density at radius 2 is 1.75 bits per heavy atom. The number of rotatable bonds is 7. The van der Waals surface area contributed by atoms with Gasteiger partial charge >= 0.3 is 0 Å². The summed E-state index contributed by atoms with van der Waals surface area (Å²) in [7, 11) is 0. The first kappa shape index (κ1) is 22.7. The van der Waals surface area contributed by atoms with Gasteiger partial charge in [-0.2, -0.15) is 0 Å². The number of benzene rings is 1. The first-order chi connectivity index (χ1) is 10.6. The van der Waals surface area contributed by atoms with E-state index in [1.54, 1.807) is 4.90 Å². The van der Waals surface area contributed by atoms with Crippen molar-refractivity contribution >= 4 is 36.6 Å². The summed E-state index contributed by atoms with van der Waals surface area (Å²) in [6.07, 6.45) is 0.195. The number of nitrogens with two attached hydrogens (primary N) is 1. The van der Waals surface area contributed by atoms with Crippen LogP contribution in [0.3, 0.4) is 0 Å². The maximum absolute atomic E-state index is 12.5. The molecule has 0 radical (unpaired) electrons. The van der Waals surface area contributed by atoms with E-state index in [-0.39, 0.29) is 43.0 Å². The van der Waals surface area contributed by atoms with E-state index in [0.29, 0.717) is 19.6 Å². The summed E-state index contributed by atoms with van der Waals surface area (Å²) < 4.78 is 0. The van der Waals surface area contributed by atoms with Crippen LogP contribution in [0.2, 0.25) is 0 Å². The molecule has 1 aromatic rings. The third-order valence-corrected chi connectivity index (χ3v) is 3.77. The second kappa shape index (κ2) is 12.1. The van der Waals surface area contributed by atoms with Gasteiger partial charge in [0, 0.05) is 45.7 Å². The minimum absolute atomic E-state index is 0. The summed E-state index contributed by atoms with van der Waals surface area (Å²) in [4.78, 5) is 27.4. The Hall–Kier alpha value is -1.34. The second-order valence-electron chi connectivity index (χ2n) is 5.54. The molecule has 0 aromatic heterocycles. The SMILES string of the molecule is Cl.Cl.NC(=O)CCN(Cc1ccccc1)C(=O)CN1CCNCC1. The molecule has 136 valence electrons. The van der Waals surface area contributed by atoms with Gasteiger partial charge in [0.05, 0.1) is 6.54 Å². The number of piperazine rings is 1. The maximum atomic E-state index is 12.5. The summed E-state index contributed by atoms with van der Waals surface area (Å²) >= 11 is 0. The number of carbonyl (C=O) groups is 2. The summed E-state index contributed by atoms with van der Waals surface area (Å²) in [6, 6.07) is 9.80. The number of hydrogen-bond donors (Lipinski definition) is 2. The molecule has 1 fully saturated rings. The Kier molecular flexibility index (Phi) is 11.4. The average Bonchev–Trinajstić information content (AvgIpc) is 2.53. The van der Waals surface area contributed by atoms with E-state index in [2.05, 4.69) is 10.2 Å². The smallest absolute Gasteiger partial charge is 0.237 e. The van der Waals surface area contributed by atoms with Gasteiger partial charge in [-0.15, -0.1) is 24.8 Å². The van der Waals surface area contributed by atoms with Gasteiger partial charge in [0.1, 0.15) is 0 Å². The molecule has 0 spiro atoms. The van der Waals surface area contributed by atoms with Crippen molar-refractivity contribution in [2.75, 3.05) is 39.3 Å². The van der Waals surface area contributed by atoms with E-state index < -0.39 is 0 Å². The fraction of sp³-hybridized carbons (Fsp3) is 0.500. The second-order valence-corrected chi connectivity index (χ2v) is 5.54. The summed E-state index contributed by atoms with van der Waals surface area (Å²) in [5, 5.41) is 3.27. The Morgan fingerprint density at radius 3 is 2.33 bits per heavy atom. The van der Waals surface area contributed by atoms with Crippen LogP contribution in [0.25, 0.3) is 0 Å². The lowest BCUT2D eigenvalue weighted by molar-refractivity contribution is -0.133. The van der Waals surface area contributed by atoms with Crippen molar-refractivity contribution < 1.29 is 9.59 Å². The summed E-state index contributed by atoms with van der Waals surface area (Å²) in [6.45, 7) is 4.85. The predicted molar refractivity (Wildman–Crippen MR) is 99.5 cm³/mol. The van der Waals surface area contributed by atoms with Crippen molar-refractivity contribution in [3.63, 3.8) is 0 Å². The van der Waals surface area contributed by atoms with E-state index >= 15 is 0 Å². The number of nitrogens with zero attached hydrogens (tertiary/aromatic N) is 2. The van der Waals surface area contributed by atoms with Gasteiger partial charge in [-0.25, -0.2) is 0 Å². The molecule has 1 heterocycles. The molecule has 2 rings (SSSR count). The fourth-order valence-electron chi connectivity index (χ4n) is 2.50. The normalized spacial score (nSPS) is 14.2. The number of amides is 2. The van der Waals surface area contributed by atoms with Crippen LogP contribution in [0.5, 0.6) is 0 Å².